The van der Waals surface area contributed by atoms with Crippen molar-refractivity contribution in [2.24, 2.45) is 5.73 Å². The minimum absolute atomic E-state index is 0. The summed E-state index contributed by atoms with van der Waals surface area (Å²) >= 11 is 0. The molecule has 3 N–H and O–H groups in total. The van der Waals surface area contributed by atoms with Crippen molar-refractivity contribution < 1.29 is 17.9 Å². The van der Waals surface area contributed by atoms with Crippen molar-refractivity contribution in [3.63, 3.8) is 0 Å². The lowest BCUT2D eigenvalue weighted by Gasteiger charge is -2.29. The zero-order chi connectivity index (χ0) is 22.2. The summed E-state index contributed by atoms with van der Waals surface area (Å²) in [6.07, 6.45) is 2.57. The summed E-state index contributed by atoms with van der Waals surface area (Å²) < 4.78 is 29.9. The van der Waals surface area contributed by atoms with Crippen LogP contribution in [0.15, 0.2) is 47.5 Å². The van der Waals surface area contributed by atoms with E-state index in [1.165, 1.54) is 6.20 Å². The van der Waals surface area contributed by atoms with Crippen LogP contribution in [0.2, 0.25) is 0 Å². The lowest BCUT2D eigenvalue weighted by atomic mass is 10.1. The molecule has 10 heteroatoms. The predicted molar refractivity (Wildman–Crippen MR) is 128 cm³/mol. The number of rotatable bonds is 5. The van der Waals surface area contributed by atoms with E-state index in [9.17, 15) is 13.2 Å². The van der Waals surface area contributed by atoms with Crippen molar-refractivity contribution in [3.8, 4) is 0 Å². The Labute approximate surface area is 193 Å². The summed E-state index contributed by atoms with van der Waals surface area (Å²) in [5, 5.41) is 3.76. The highest BCUT2D eigenvalue weighted by Crippen LogP contribution is 2.33. The molecule has 0 bridgehead atoms. The molecule has 3 aromatic rings. The number of benzene rings is 2. The largest absolute Gasteiger partial charge is 0.378 e. The summed E-state index contributed by atoms with van der Waals surface area (Å²) in [5.41, 5.74) is 9.19. The van der Waals surface area contributed by atoms with E-state index in [-0.39, 0.29) is 22.9 Å². The van der Waals surface area contributed by atoms with Gasteiger partial charge in [0.25, 0.3) is 5.91 Å². The number of aryl methyl sites for hydroxylation is 1. The number of carbonyl (C=O) groups excluding carboxylic acids is 1. The first-order chi connectivity index (χ1) is 14.7. The molecule has 170 valence electrons. The van der Waals surface area contributed by atoms with Crippen molar-refractivity contribution in [3.05, 3.63) is 53.7 Å². The van der Waals surface area contributed by atoms with Gasteiger partial charge in [-0.05, 0) is 48.9 Å². The Balaban J connectivity index is 0.00000289. The van der Waals surface area contributed by atoms with Crippen LogP contribution in [0.25, 0.3) is 10.9 Å². The highest BCUT2D eigenvalue weighted by Gasteiger charge is 2.19. The SMILES string of the molecule is Cc1cc2ncc(C(N)=O)c(Nc3ccc(N4CCOCC4)cc3)c2cc1S(C)(=O)=O.Cl. The van der Waals surface area contributed by atoms with Crippen LogP contribution < -0.4 is 16.0 Å². The van der Waals surface area contributed by atoms with Crippen molar-refractivity contribution in [2.75, 3.05) is 42.8 Å². The topological polar surface area (TPSA) is 115 Å². The molecule has 0 saturated carbocycles. The van der Waals surface area contributed by atoms with E-state index in [1.54, 1.807) is 19.1 Å². The van der Waals surface area contributed by atoms with Crippen molar-refractivity contribution in [1.82, 2.24) is 4.98 Å². The van der Waals surface area contributed by atoms with Crippen LogP contribution in [0.1, 0.15) is 15.9 Å². The van der Waals surface area contributed by atoms with E-state index < -0.39 is 15.7 Å². The minimum Gasteiger partial charge on any atom is -0.378 e. The molecule has 0 spiro atoms. The molecule has 2 aromatic carbocycles. The summed E-state index contributed by atoms with van der Waals surface area (Å²) in [4.78, 5) is 18.8. The first-order valence-corrected chi connectivity index (χ1v) is 11.8. The van der Waals surface area contributed by atoms with Crippen LogP contribution in [-0.4, -0.2) is 51.9 Å². The lowest BCUT2D eigenvalue weighted by Crippen LogP contribution is -2.36. The number of nitrogens with zero attached hydrogens (tertiary/aromatic N) is 2. The highest BCUT2D eigenvalue weighted by molar-refractivity contribution is 7.90. The Kier molecular flexibility index (Phi) is 6.92. The average molecular weight is 477 g/mol. The third-order valence-corrected chi connectivity index (χ3v) is 6.58. The summed E-state index contributed by atoms with van der Waals surface area (Å²) in [6.45, 7) is 4.79. The number of ether oxygens (including phenoxy) is 1. The van der Waals surface area contributed by atoms with E-state index in [0.29, 0.717) is 35.4 Å². The Morgan fingerprint density at radius 2 is 1.81 bits per heavy atom. The van der Waals surface area contributed by atoms with E-state index >= 15 is 0 Å². The fourth-order valence-corrected chi connectivity index (χ4v) is 4.74. The number of nitrogens with two attached hydrogens (primary N) is 1. The van der Waals surface area contributed by atoms with Gasteiger partial charge in [-0.25, -0.2) is 8.42 Å². The second-order valence-corrected chi connectivity index (χ2v) is 9.57. The summed E-state index contributed by atoms with van der Waals surface area (Å²) in [5.74, 6) is -0.650. The minimum atomic E-state index is -3.45. The number of sulfone groups is 1. The van der Waals surface area contributed by atoms with E-state index in [0.717, 1.165) is 30.7 Å². The van der Waals surface area contributed by atoms with E-state index in [4.69, 9.17) is 10.5 Å². The van der Waals surface area contributed by atoms with Gasteiger partial charge in [0.05, 0.1) is 34.9 Å². The normalized spacial score (nSPS) is 14.1. The maximum atomic E-state index is 12.2. The Hall–Kier alpha value is -2.88. The van der Waals surface area contributed by atoms with Gasteiger partial charge in [-0.2, -0.15) is 0 Å². The second-order valence-electron chi connectivity index (χ2n) is 7.59. The molecule has 32 heavy (non-hydrogen) atoms. The number of pyridine rings is 1. The van der Waals surface area contributed by atoms with Gasteiger partial charge in [0.15, 0.2) is 9.84 Å². The maximum absolute atomic E-state index is 12.2. The smallest absolute Gasteiger partial charge is 0.252 e. The van der Waals surface area contributed by atoms with Crippen molar-refractivity contribution in [2.45, 2.75) is 11.8 Å². The third-order valence-electron chi connectivity index (χ3n) is 5.34. The van der Waals surface area contributed by atoms with Gasteiger partial charge in [-0.15, -0.1) is 12.4 Å². The molecule has 2 heterocycles. The summed E-state index contributed by atoms with van der Waals surface area (Å²) in [7, 11) is -3.45. The molecular formula is C22H25ClN4O4S. The van der Waals surface area contributed by atoms with Gasteiger partial charge in [0.2, 0.25) is 0 Å². The van der Waals surface area contributed by atoms with Gasteiger partial charge in [-0.3, -0.25) is 9.78 Å². The number of nitrogens with one attached hydrogen (secondary N) is 1. The molecule has 1 fully saturated rings. The monoisotopic (exact) mass is 476 g/mol. The quantitative estimate of drug-likeness (QED) is 0.581. The Morgan fingerprint density at radius 1 is 1.16 bits per heavy atom. The molecule has 0 radical (unpaired) electrons. The molecule has 0 unspecified atom stereocenters. The number of aromatic nitrogens is 1. The fourth-order valence-electron chi connectivity index (χ4n) is 3.77. The van der Waals surface area contributed by atoms with Crippen LogP contribution >= 0.6 is 12.4 Å². The lowest BCUT2D eigenvalue weighted by molar-refractivity contribution is 0.100. The average Bonchev–Trinajstić information content (AvgIpc) is 2.73. The first-order valence-electron chi connectivity index (χ1n) is 9.87. The number of hydrogen-bond donors (Lipinski definition) is 2. The van der Waals surface area contributed by atoms with Gasteiger partial charge in [-0.1, -0.05) is 0 Å². The molecule has 1 saturated heterocycles. The van der Waals surface area contributed by atoms with Crippen LogP contribution in [0.5, 0.6) is 0 Å². The zero-order valence-electron chi connectivity index (χ0n) is 17.8. The number of morpholine rings is 1. The molecule has 1 aromatic heterocycles. The highest BCUT2D eigenvalue weighted by atomic mass is 35.5. The van der Waals surface area contributed by atoms with Gasteiger partial charge in [0.1, 0.15) is 0 Å². The van der Waals surface area contributed by atoms with Crippen molar-refractivity contribution in [1.29, 1.82) is 0 Å². The van der Waals surface area contributed by atoms with Crippen LogP contribution in [-0.2, 0) is 14.6 Å². The van der Waals surface area contributed by atoms with Crippen LogP contribution in [0.3, 0.4) is 0 Å². The number of carbonyl (C=O) groups is 1. The molecule has 4 rings (SSSR count). The molecule has 1 amide bonds. The van der Waals surface area contributed by atoms with Crippen LogP contribution in [0, 0.1) is 6.92 Å². The molecule has 0 aliphatic carbocycles. The van der Waals surface area contributed by atoms with E-state index in [1.807, 2.05) is 24.3 Å². The van der Waals surface area contributed by atoms with Crippen molar-refractivity contribution >= 4 is 56.1 Å². The number of fused-ring (bicyclic) bond motifs is 1. The zero-order valence-corrected chi connectivity index (χ0v) is 19.4. The maximum Gasteiger partial charge on any atom is 0.252 e. The number of amides is 1. The fraction of sp³-hybridized carbons (Fsp3) is 0.273. The molecule has 0 atom stereocenters. The van der Waals surface area contributed by atoms with Gasteiger partial charge in [0, 0.05) is 42.3 Å². The molecular weight excluding hydrogens is 452 g/mol. The number of anilines is 3. The standard InChI is InChI=1S/C22H24N4O4S.ClH/c1-14-11-19-17(12-20(14)31(2,28)29)21(18(13-24-19)22(23)27)25-15-3-5-16(6-4-15)26-7-9-30-10-8-26;/h3-6,11-13H,7-10H2,1-2H3,(H2,23,27)(H,24,25);1H. The van der Waals surface area contributed by atoms with Crippen LogP contribution in [0.4, 0.5) is 17.1 Å². The number of hydrogen-bond acceptors (Lipinski definition) is 7. The predicted octanol–water partition coefficient (Wildman–Crippen LogP) is 3.05. The van der Waals surface area contributed by atoms with Gasteiger partial charge >= 0.3 is 0 Å². The van der Waals surface area contributed by atoms with E-state index in [2.05, 4.69) is 15.2 Å². The molecule has 1 aliphatic heterocycles. The number of halogens is 1. The Morgan fingerprint density at radius 3 is 2.41 bits per heavy atom. The summed E-state index contributed by atoms with van der Waals surface area (Å²) in [6, 6.07) is 11.0. The second kappa shape index (κ2) is 9.32. The first kappa shape index (κ1) is 23.8. The number of primary amides is 1. The third kappa shape index (κ3) is 4.79. The Bertz CT molecular complexity index is 1260. The molecule has 8 nitrogen and oxygen atoms in total. The molecule has 1 aliphatic rings. The van der Waals surface area contributed by atoms with Gasteiger partial charge < -0.3 is 20.7 Å².